The molecule has 0 amide bonds. The maximum absolute atomic E-state index is 11.1. The van der Waals surface area contributed by atoms with Gasteiger partial charge in [0.15, 0.2) is 0 Å². The quantitative estimate of drug-likeness (QED) is 0.903. The van der Waals surface area contributed by atoms with E-state index in [1.165, 1.54) is 7.11 Å². The Balaban J connectivity index is 2.16. The van der Waals surface area contributed by atoms with Gasteiger partial charge < -0.3 is 14.6 Å². The van der Waals surface area contributed by atoms with E-state index in [-0.39, 0.29) is 12.2 Å². The number of aromatic carboxylic acids is 1. The second-order valence-corrected chi connectivity index (χ2v) is 4.91. The van der Waals surface area contributed by atoms with Crippen molar-refractivity contribution in [2.75, 3.05) is 7.11 Å². The van der Waals surface area contributed by atoms with E-state index in [2.05, 4.69) is 15.9 Å². The molecule has 0 heterocycles. The lowest BCUT2D eigenvalue weighted by molar-refractivity contribution is 0.0693. The minimum absolute atomic E-state index is 0.126. The fraction of sp³-hybridized carbons (Fsp3) is 0.133. The van der Waals surface area contributed by atoms with E-state index in [1.807, 2.05) is 24.3 Å². The van der Waals surface area contributed by atoms with Crippen LogP contribution in [0, 0.1) is 0 Å². The van der Waals surface area contributed by atoms with Crippen LogP contribution in [0.25, 0.3) is 0 Å². The summed E-state index contributed by atoms with van der Waals surface area (Å²) in [6.07, 6.45) is 0. The summed E-state index contributed by atoms with van der Waals surface area (Å²) in [6, 6.07) is 12.4. The first kappa shape index (κ1) is 14.4. The number of hydrogen-bond acceptors (Lipinski definition) is 3. The normalized spacial score (nSPS) is 10.1. The molecule has 0 radical (unpaired) electrons. The zero-order chi connectivity index (χ0) is 14.5. The highest BCUT2D eigenvalue weighted by Crippen LogP contribution is 2.26. The third-order valence-corrected chi connectivity index (χ3v) is 3.38. The number of ether oxygens (including phenoxy) is 2. The van der Waals surface area contributed by atoms with Crippen LogP contribution < -0.4 is 9.47 Å². The predicted molar refractivity (Wildman–Crippen MR) is 78.4 cm³/mol. The molecule has 0 saturated carbocycles. The summed E-state index contributed by atoms with van der Waals surface area (Å²) < 4.78 is 11.5. The minimum atomic E-state index is -1.02. The SMILES string of the molecule is COc1ccc(COc2ccccc2Br)cc1C(=O)O. The number of hydrogen-bond donors (Lipinski definition) is 1. The van der Waals surface area contributed by atoms with Gasteiger partial charge in [-0.2, -0.15) is 0 Å². The lowest BCUT2D eigenvalue weighted by atomic mass is 10.1. The van der Waals surface area contributed by atoms with Crippen molar-refractivity contribution in [3.8, 4) is 11.5 Å². The molecular weight excluding hydrogens is 324 g/mol. The first-order valence-corrected chi connectivity index (χ1v) is 6.68. The molecule has 2 aromatic carbocycles. The molecule has 2 rings (SSSR count). The van der Waals surface area contributed by atoms with E-state index >= 15 is 0 Å². The van der Waals surface area contributed by atoms with Gasteiger partial charge in [0.25, 0.3) is 0 Å². The van der Waals surface area contributed by atoms with Crippen molar-refractivity contribution in [3.05, 3.63) is 58.1 Å². The average molecular weight is 337 g/mol. The Kier molecular flexibility index (Phi) is 4.63. The van der Waals surface area contributed by atoms with Gasteiger partial charge in [-0.25, -0.2) is 4.79 Å². The Bertz CT molecular complexity index is 625. The number of benzene rings is 2. The molecule has 1 N–H and O–H groups in total. The highest BCUT2D eigenvalue weighted by molar-refractivity contribution is 9.10. The zero-order valence-corrected chi connectivity index (χ0v) is 12.4. The van der Waals surface area contributed by atoms with E-state index in [0.717, 1.165) is 10.0 Å². The largest absolute Gasteiger partial charge is 0.496 e. The van der Waals surface area contributed by atoms with Crippen molar-refractivity contribution < 1.29 is 19.4 Å². The van der Waals surface area contributed by atoms with Crippen molar-refractivity contribution in [2.45, 2.75) is 6.61 Å². The molecule has 5 heteroatoms. The van der Waals surface area contributed by atoms with E-state index in [0.29, 0.717) is 11.5 Å². The van der Waals surface area contributed by atoms with Crippen LogP contribution in [0.3, 0.4) is 0 Å². The second-order valence-electron chi connectivity index (χ2n) is 4.06. The summed E-state index contributed by atoms with van der Waals surface area (Å²) in [5, 5.41) is 9.12. The summed E-state index contributed by atoms with van der Waals surface area (Å²) in [5.41, 5.74) is 0.889. The van der Waals surface area contributed by atoms with Gasteiger partial charge in [0.1, 0.15) is 23.7 Å². The molecule has 0 aliphatic rings. The van der Waals surface area contributed by atoms with Crippen LogP contribution in [0.15, 0.2) is 46.9 Å². The van der Waals surface area contributed by atoms with Crippen LogP contribution in [0.5, 0.6) is 11.5 Å². The van der Waals surface area contributed by atoms with Crippen LogP contribution in [0.2, 0.25) is 0 Å². The molecule has 0 atom stereocenters. The van der Waals surface area contributed by atoms with Gasteiger partial charge in [-0.05, 0) is 45.8 Å². The van der Waals surface area contributed by atoms with E-state index in [9.17, 15) is 4.79 Å². The van der Waals surface area contributed by atoms with Gasteiger partial charge in [0, 0.05) is 0 Å². The molecule has 0 aliphatic heterocycles. The summed E-state index contributed by atoms with van der Waals surface area (Å²) >= 11 is 3.39. The summed E-state index contributed by atoms with van der Waals surface area (Å²) in [6.45, 7) is 0.285. The fourth-order valence-corrected chi connectivity index (χ4v) is 2.13. The summed E-state index contributed by atoms with van der Waals surface area (Å²) in [7, 11) is 1.44. The lowest BCUT2D eigenvalue weighted by Crippen LogP contribution is -2.03. The Morgan fingerprint density at radius 2 is 1.95 bits per heavy atom. The lowest BCUT2D eigenvalue weighted by Gasteiger charge is -2.10. The fourth-order valence-electron chi connectivity index (χ4n) is 1.73. The second kappa shape index (κ2) is 6.43. The van der Waals surface area contributed by atoms with Crippen LogP contribution in [-0.2, 0) is 6.61 Å². The van der Waals surface area contributed by atoms with Crippen LogP contribution >= 0.6 is 15.9 Å². The summed E-state index contributed by atoms with van der Waals surface area (Å²) in [5.74, 6) is 0.0203. The molecule has 20 heavy (non-hydrogen) atoms. The number of rotatable bonds is 5. The molecule has 0 saturated heterocycles. The topological polar surface area (TPSA) is 55.8 Å². The highest BCUT2D eigenvalue weighted by atomic mass is 79.9. The smallest absolute Gasteiger partial charge is 0.339 e. The molecular formula is C15H13BrO4. The van der Waals surface area contributed by atoms with Crippen molar-refractivity contribution in [1.82, 2.24) is 0 Å². The number of carboxylic acids is 1. The average Bonchev–Trinajstić information content (AvgIpc) is 2.46. The van der Waals surface area contributed by atoms with Gasteiger partial charge in [0.05, 0.1) is 11.6 Å². The number of carbonyl (C=O) groups is 1. The molecule has 0 unspecified atom stereocenters. The first-order valence-electron chi connectivity index (χ1n) is 5.89. The van der Waals surface area contributed by atoms with Crippen molar-refractivity contribution in [1.29, 1.82) is 0 Å². The summed E-state index contributed by atoms with van der Waals surface area (Å²) in [4.78, 5) is 11.1. The van der Waals surface area contributed by atoms with E-state index < -0.39 is 5.97 Å². The highest BCUT2D eigenvalue weighted by Gasteiger charge is 2.12. The Morgan fingerprint density at radius 1 is 1.20 bits per heavy atom. The first-order chi connectivity index (χ1) is 9.61. The monoisotopic (exact) mass is 336 g/mol. The third-order valence-electron chi connectivity index (χ3n) is 2.73. The van der Waals surface area contributed by atoms with Crippen LogP contribution in [0.1, 0.15) is 15.9 Å². The predicted octanol–water partition coefficient (Wildman–Crippen LogP) is 3.73. The number of para-hydroxylation sites is 1. The molecule has 104 valence electrons. The Morgan fingerprint density at radius 3 is 2.60 bits per heavy atom. The van der Waals surface area contributed by atoms with Gasteiger partial charge >= 0.3 is 5.97 Å². The molecule has 2 aromatic rings. The standard InChI is InChI=1S/C15H13BrO4/c1-19-13-7-6-10(8-11(13)15(17)18)9-20-14-5-3-2-4-12(14)16/h2-8H,9H2,1H3,(H,17,18). The molecule has 4 nitrogen and oxygen atoms in total. The van der Waals surface area contributed by atoms with Gasteiger partial charge in [0.2, 0.25) is 0 Å². The number of carboxylic acid groups (broad SMARTS) is 1. The molecule has 0 fully saturated rings. The Labute approximate surface area is 125 Å². The number of methoxy groups -OCH3 is 1. The van der Waals surface area contributed by atoms with Crippen molar-refractivity contribution in [2.24, 2.45) is 0 Å². The zero-order valence-electron chi connectivity index (χ0n) is 10.8. The van der Waals surface area contributed by atoms with Crippen LogP contribution in [0.4, 0.5) is 0 Å². The van der Waals surface area contributed by atoms with Gasteiger partial charge in [-0.15, -0.1) is 0 Å². The molecule has 0 aliphatic carbocycles. The van der Waals surface area contributed by atoms with Crippen molar-refractivity contribution in [3.63, 3.8) is 0 Å². The molecule has 0 aromatic heterocycles. The van der Waals surface area contributed by atoms with E-state index in [4.69, 9.17) is 14.6 Å². The van der Waals surface area contributed by atoms with Crippen LogP contribution in [-0.4, -0.2) is 18.2 Å². The van der Waals surface area contributed by atoms with Crippen molar-refractivity contribution >= 4 is 21.9 Å². The minimum Gasteiger partial charge on any atom is -0.496 e. The number of halogens is 1. The maximum atomic E-state index is 11.1. The van der Waals surface area contributed by atoms with Gasteiger partial charge in [-0.3, -0.25) is 0 Å². The third kappa shape index (κ3) is 3.30. The molecule has 0 spiro atoms. The maximum Gasteiger partial charge on any atom is 0.339 e. The van der Waals surface area contributed by atoms with E-state index in [1.54, 1.807) is 18.2 Å². The van der Waals surface area contributed by atoms with Gasteiger partial charge in [-0.1, -0.05) is 18.2 Å². The molecule has 0 bridgehead atoms. The Hall–Kier alpha value is -2.01.